The average molecular weight is 504 g/mol. The molecule has 33 heavy (non-hydrogen) atoms. The van der Waals surface area contributed by atoms with Gasteiger partial charge in [0, 0.05) is 10.0 Å². The normalized spacial score (nSPS) is 14.7. The van der Waals surface area contributed by atoms with Gasteiger partial charge in [-0.3, -0.25) is 0 Å². The maximum atomic E-state index is 12.4. The van der Waals surface area contributed by atoms with Crippen LogP contribution in [0.3, 0.4) is 0 Å². The Balaban J connectivity index is 1.55. The summed E-state index contributed by atoms with van der Waals surface area (Å²) in [6.45, 7) is 0. The van der Waals surface area contributed by atoms with E-state index in [1.54, 1.807) is 30.3 Å². The molecule has 7 nitrogen and oxygen atoms in total. The van der Waals surface area contributed by atoms with Crippen LogP contribution in [0.1, 0.15) is 11.1 Å². The molecule has 0 saturated heterocycles. The van der Waals surface area contributed by atoms with E-state index in [-0.39, 0.29) is 22.2 Å². The molecule has 4 rings (SSSR count). The molecule has 1 aliphatic rings. The van der Waals surface area contributed by atoms with Crippen LogP contribution in [-0.4, -0.2) is 27.4 Å². The van der Waals surface area contributed by atoms with Crippen LogP contribution in [0, 0.1) is 0 Å². The minimum Gasteiger partial charge on any atom is -0.496 e. The van der Waals surface area contributed by atoms with Crippen LogP contribution in [-0.2, 0) is 19.6 Å². The molecule has 0 fully saturated rings. The number of rotatable bonds is 6. The molecule has 1 heterocycles. The summed E-state index contributed by atoms with van der Waals surface area (Å²) in [5, 5.41) is 0.850. The highest BCUT2D eigenvalue weighted by Crippen LogP contribution is 2.28. The number of hydrogen-bond acceptors (Lipinski definition) is 7. The van der Waals surface area contributed by atoms with Crippen molar-refractivity contribution in [3.05, 3.63) is 93.6 Å². The molecule has 3 aromatic carbocycles. The fourth-order valence-electron chi connectivity index (χ4n) is 2.93. The number of carbonyl (C=O) groups is 1. The first-order chi connectivity index (χ1) is 15.7. The monoisotopic (exact) mass is 503 g/mol. The Hall–Kier alpha value is -3.33. The Labute approximate surface area is 200 Å². The fraction of sp³-hybridized carbons (Fsp3) is 0.0435. The molecule has 0 aromatic heterocycles. The van der Waals surface area contributed by atoms with Gasteiger partial charge in [0.25, 0.3) is 0 Å². The summed E-state index contributed by atoms with van der Waals surface area (Å²) >= 11 is 11.8. The quantitative estimate of drug-likeness (QED) is 0.263. The van der Waals surface area contributed by atoms with Crippen LogP contribution >= 0.6 is 23.2 Å². The summed E-state index contributed by atoms with van der Waals surface area (Å²) in [4.78, 5) is 16.5. The Bertz CT molecular complexity index is 1380. The Morgan fingerprint density at radius 1 is 0.939 bits per heavy atom. The van der Waals surface area contributed by atoms with E-state index in [0.717, 1.165) is 0 Å². The zero-order valence-electron chi connectivity index (χ0n) is 17.0. The topological polar surface area (TPSA) is 91.3 Å². The van der Waals surface area contributed by atoms with Crippen LogP contribution in [0.4, 0.5) is 0 Å². The Morgan fingerprint density at radius 2 is 1.61 bits per heavy atom. The second-order valence-corrected chi connectivity index (χ2v) is 9.16. The molecule has 0 spiro atoms. The molecule has 1 aliphatic heterocycles. The molecular formula is C23H15Cl2NO6S. The lowest BCUT2D eigenvalue weighted by Crippen LogP contribution is -2.09. The number of benzene rings is 3. The molecular weight excluding hydrogens is 489 g/mol. The molecule has 0 saturated carbocycles. The van der Waals surface area contributed by atoms with E-state index >= 15 is 0 Å². The van der Waals surface area contributed by atoms with Crippen molar-refractivity contribution in [2.45, 2.75) is 4.90 Å². The zero-order valence-corrected chi connectivity index (χ0v) is 19.3. The summed E-state index contributed by atoms with van der Waals surface area (Å²) in [5.74, 6) is -0.0122. The number of cyclic esters (lactones) is 1. The SMILES string of the molecule is COc1ccc(Cl)cc1C1=N/C(=C\c2ccc(OS(=O)(=O)c3ccc(Cl)cc3)cc2)C(=O)O1. The van der Waals surface area contributed by atoms with Crippen LogP contribution in [0.2, 0.25) is 10.0 Å². The molecule has 3 aromatic rings. The molecule has 0 bridgehead atoms. The summed E-state index contributed by atoms with van der Waals surface area (Å²) < 4.78 is 40.5. The molecule has 0 aliphatic carbocycles. The van der Waals surface area contributed by atoms with Gasteiger partial charge in [-0.2, -0.15) is 8.42 Å². The third kappa shape index (κ3) is 5.19. The largest absolute Gasteiger partial charge is 0.496 e. The van der Waals surface area contributed by atoms with Crippen molar-refractivity contribution in [2.75, 3.05) is 7.11 Å². The van der Waals surface area contributed by atoms with Crippen molar-refractivity contribution in [3.8, 4) is 11.5 Å². The maximum Gasteiger partial charge on any atom is 0.363 e. The highest BCUT2D eigenvalue weighted by molar-refractivity contribution is 7.87. The number of nitrogens with zero attached hydrogens (tertiary/aromatic N) is 1. The number of halogens is 2. The second kappa shape index (κ2) is 9.27. The highest BCUT2D eigenvalue weighted by atomic mass is 35.5. The predicted molar refractivity (Wildman–Crippen MR) is 124 cm³/mol. The maximum absolute atomic E-state index is 12.4. The standard InChI is InChI=1S/C23H15Cl2NO6S/c1-30-21-11-6-16(25)13-19(21)22-26-20(23(27)31-22)12-14-2-7-17(8-3-14)32-33(28,29)18-9-4-15(24)5-10-18/h2-13H,1H3/b20-12-. The lowest BCUT2D eigenvalue weighted by molar-refractivity contribution is -0.129. The van der Waals surface area contributed by atoms with Gasteiger partial charge in [-0.25, -0.2) is 9.79 Å². The smallest absolute Gasteiger partial charge is 0.363 e. The van der Waals surface area contributed by atoms with Gasteiger partial charge >= 0.3 is 16.1 Å². The number of aliphatic imine (C=N–C) groups is 1. The third-order valence-corrected chi connectivity index (χ3v) is 6.25. The van der Waals surface area contributed by atoms with E-state index in [1.165, 1.54) is 49.6 Å². The molecule has 0 amide bonds. The van der Waals surface area contributed by atoms with Gasteiger partial charge in [0.1, 0.15) is 16.4 Å². The number of ether oxygens (including phenoxy) is 2. The van der Waals surface area contributed by atoms with E-state index in [1.807, 2.05) is 0 Å². The van der Waals surface area contributed by atoms with Gasteiger partial charge in [-0.1, -0.05) is 35.3 Å². The van der Waals surface area contributed by atoms with Gasteiger partial charge < -0.3 is 13.7 Å². The lowest BCUT2D eigenvalue weighted by atomic mass is 10.2. The average Bonchev–Trinajstić information content (AvgIpc) is 3.15. The molecule has 168 valence electrons. The van der Waals surface area contributed by atoms with Gasteiger partial charge in [-0.15, -0.1) is 0 Å². The Morgan fingerprint density at radius 3 is 2.27 bits per heavy atom. The third-order valence-electron chi connectivity index (χ3n) is 4.50. The molecule has 10 heteroatoms. The lowest BCUT2D eigenvalue weighted by Gasteiger charge is -2.07. The van der Waals surface area contributed by atoms with Gasteiger partial charge in [0.15, 0.2) is 5.70 Å². The Kier molecular flexibility index (Phi) is 6.42. The number of carbonyl (C=O) groups excluding carboxylic acids is 1. The number of methoxy groups -OCH3 is 1. The van der Waals surface area contributed by atoms with Crippen LogP contribution in [0.5, 0.6) is 11.5 Å². The molecule has 0 unspecified atom stereocenters. The highest BCUT2D eigenvalue weighted by Gasteiger charge is 2.26. The van der Waals surface area contributed by atoms with Crippen LogP contribution < -0.4 is 8.92 Å². The van der Waals surface area contributed by atoms with Crippen molar-refractivity contribution < 1.29 is 26.9 Å². The summed E-state index contributed by atoms with van der Waals surface area (Å²) in [6, 6.07) is 16.6. The second-order valence-electron chi connectivity index (χ2n) is 6.74. The van der Waals surface area contributed by atoms with E-state index in [9.17, 15) is 13.2 Å². The van der Waals surface area contributed by atoms with Crippen molar-refractivity contribution in [1.82, 2.24) is 0 Å². The fourth-order valence-corrected chi connectivity index (χ4v) is 4.15. The minimum atomic E-state index is -4.01. The summed E-state index contributed by atoms with van der Waals surface area (Å²) in [7, 11) is -2.53. The first-order valence-electron chi connectivity index (χ1n) is 9.42. The van der Waals surface area contributed by atoms with Crippen LogP contribution in [0.25, 0.3) is 6.08 Å². The van der Waals surface area contributed by atoms with E-state index in [2.05, 4.69) is 4.99 Å². The minimum absolute atomic E-state index is 0.0231. The van der Waals surface area contributed by atoms with Gasteiger partial charge in [0.05, 0.1) is 12.7 Å². The van der Waals surface area contributed by atoms with E-state index in [4.69, 9.17) is 36.9 Å². The zero-order chi connectivity index (χ0) is 23.6. The first kappa shape index (κ1) is 22.8. The molecule has 0 N–H and O–H groups in total. The van der Waals surface area contributed by atoms with Gasteiger partial charge in [-0.05, 0) is 66.2 Å². The molecule has 0 radical (unpaired) electrons. The summed E-state index contributed by atoms with van der Waals surface area (Å²) in [5.41, 5.74) is 1.09. The van der Waals surface area contributed by atoms with Crippen molar-refractivity contribution in [3.63, 3.8) is 0 Å². The van der Waals surface area contributed by atoms with Gasteiger partial charge in [0.2, 0.25) is 5.90 Å². The van der Waals surface area contributed by atoms with E-state index < -0.39 is 16.1 Å². The van der Waals surface area contributed by atoms with Crippen molar-refractivity contribution in [1.29, 1.82) is 0 Å². The van der Waals surface area contributed by atoms with E-state index in [0.29, 0.717) is 26.9 Å². The summed E-state index contributed by atoms with van der Waals surface area (Å²) in [6.07, 6.45) is 1.50. The van der Waals surface area contributed by atoms with Crippen molar-refractivity contribution >= 4 is 51.3 Å². The molecule has 0 atom stereocenters. The first-order valence-corrected chi connectivity index (χ1v) is 11.6. The number of hydrogen-bond donors (Lipinski definition) is 0. The van der Waals surface area contributed by atoms with Crippen molar-refractivity contribution in [2.24, 2.45) is 4.99 Å². The number of esters is 1. The predicted octanol–water partition coefficient (Wildman–Crippen LogP) is 5.11. The van der Waals surface area contributed by atoms with Crippen LogP contribution in [0.15, 0.2) is 82.3 Å².